The van der Waals surface area contributed by atoms with E-state index < -0.39 is 22.0 Å². The monoisotopic (exact) mass is 502 g/mol. The summed E-state index contributed by atoms with van der Waals surface area (Å²) in [5, 5.41) is 7.96. The van der Waals surface area contributed by atoms with Crippen LogP contribution in [0.4, 0.5) is 4.39 Å². The molecule has 186 valence electrons. The lowest BCUT2D eigenvalue weighted by Gasteiger charge is -2.39. The molecule has 2 aromatic heterocycles. The van der Waals surface area contributed by atoms with Crippen molar-refractivity contribution in [2.75, 3.05) is 12.8 Å². The van der Waals surface area contributed by atoms with Crippen molar-refractivity contribution in [1.29, 1.82) is 0 Å². The van der Waals surface area contributed by atoms with Gasteiger partial charge in [-0.1, -0.05) is 6.92 Å². The maximum atomic E-state index is 13.3. The highest BCUT2D eigenvalue weighted by Gasteiger charge is 2.39. The third kappa shape index (κ3) is 5.03. The average Bonchev–Trinajstić information content (AvgIpc) is 3.26. The van der Waals surface area contributed by atoms with Crippen molar-refractivity contribution < 1.29 is 22.4 Å². The van der Waals surface area contributed by atoms with Gasteiger partial charge < -0.3 is 11.1 Å². The quantitative estimate of drug-likeness (QED) is 0.503. The lowest BCUT2D eigenvalue weighted by Crippen LogP contribution is -2.55. The fourth-order valence-corrected chi connectivity index (χ4v) is 5.79. The van der Waals surface area contributed by atoms with Gasteiger partial charge in [-0.3, -0.25) is 14.6 Å². The number of primary amides is 1. The Morgan fingerprint density at radius 1 is 1.23 bits per heavy atom. The van der Waals surface area contributed by atoms with E-state index in [0.29, 0.717) is 35.0 Å². The van der Waals surface area contributed by atoms with Gasteiger partial charge in [-0.2, -0.15) is 9.40 Å². The van der Waals surface area contributed by atoms with E-state index in [1.165, 1.54) is 18.3 Å². The topological polar surface area (TPSA) is 140 Å². The predicted octanol–water partition coefficient (Wildman–Crippen LogP) is 1.59. The Morgan fingerprint density at radius 2 is 1.94 bits per heavy atom. The molecule has 1 fully saturated rings. The first-order valence-electron chi connectivity index (χ1n) is 11.2. The van der Waals surface area contributed by atoms with Crippen molar-refractivity contribution in [3.63, 3.8) is 0 Å². The van der Waals surface area contributed by atoms with E-state index in [4.69, 9.17) is 5.73 Å². The van der Waals surface area contributed by atoms with E-state index in [1.54, 1.807) is 29.2 Å². The van der Waals surface area contributed by atoms with Crippen LogP contribution in [0.2, 0.25) is 0 Å². The highest BCUT2D eigenvalue weighted by Crippen LogP contribution is 2.29. The molecular weight excluding hydrogens is 475 g/mol. The maximum absolute atomic E-state index is 13.3. The highest BCUT2D eigenvalue weighted by molar-refractivity contribution is 7.88. The number of hydrogen-bond acceptors (Lipinski definition) is 6. The minimum absolute atomic E-state index is 0.131. The summed E-state index contributed by atoms with van der Waals surface area (Å²) in [6.45, 7) is 2.07. The summed E-state index contributed by atoms with van der Waals surface area (Å²) in [7, 11) is -3.58. The van der Waals surface area contributed by atoms with Gasteiger partial charge >= 0.3 is 0 Å². The van der Waals surface area contributed by atoms with Crippen LogP contribution in [0.25, 0.3) is 16.6 Å². The number of pyridine rings is 1. The molecule has 3 aromatic rings. The van der Waals surface area contributed by atoms with E-state index in [-0.39, 0.29) is 36.6 Å². The van der Waals surface area contributed by atoms with Crippen molar-refractivity contribution in [3.05, 3.63) is 54.2 Å². The molecule has 0 saturated carbocycles. The number of aromatic nitrogens is 3. The van der Waals surface area contributed by atoms with Crippen molar-refractivity contribution in [3.8, 4) is 5.69 Å². The summed E-state index contributed by atoms with van der Waals surface area (Å²) in [5.74, 6) is -1.55. The second kappa shape index (κ2) is 9.70. The molecule has 0 bridgehead atoms. The Labute approximate surface area is 202 Å². The van der Waals surface area contributed by atoms with Gasteiger partial charge in [-0.05, 0) is 49.4 Å². The van der Waals surface area contributed by atoms with Crippen LogP contribution in [0, 0.1) is 11.7 Å². The number of nitrogens with two attached hydrogens (primary N) is 1. The Kier molecular flexibility index (Phi) is 6.86. The second-order valence-electron chi connectivity index (χ2n) is 8.72. The number of benzene rings is 1. The van der Waals surface area contributed by atoms with Gasteiger partial charge in [0.1, 0.15) is 11.9 Å². The fourth-order valence-electron chi connectivity index (χ4n) is 4.70. The number of carbonyl (C=O) groups is 2. The molecule has 3 heterocycles. The molecule has 1 aliphatic heterocycles. The first-order valence-corrected chi connectivity index (χ1v) is 13.1. The number of fused-ring (bicyclic) bond motifs is 1. The van der Waals surface area contributed by atoms with Crippen molar-refractivity contribution >= 4 is 32.7 Å². The van der Waals surface area contributed by atoms with Crippen LogP contribution < -0.4 is 11.1 Å². The van der Waals surface area contributed by atoms with Gasteiger partial charge in [0.15, 0.2) is 0 Å². The average molecular weight is 503 g/mol. The number of amides is 2. The first-order chi connectivity index (χ1) is 16.6. The molecule has 3 N–H and O–H groups in total. The normalized spacial score (nSPS) is 20.0. The van der Waals surface area contributed by atoms with Gasteiger partial charge in [0.25, 0.3) is 5.91 Å². The van der Waals surface area contributed by atoms with Gasteiger partial charge in [0.05, 0.1) is 35.4 Å². The highest BCUT2D eigenvalue weighted by atomic mass is 32.2. The number of piperidine rings is 1. The zero-order valence-corrected chi connectivity index (χ0v) is 20.2. The number of carbonyl (C=O) groups excluding carboxylic acids is 2. The zero-order chi connectivity index (χ0) is 25.3. The Balaban J connectivity index is 1.56. The van der Waals surface area contributed by atoms with Crippen LogP contribution in [-0.2, 0) is 14.8 Å². The molecule has 1 aliphatic rings. The minimum Gasteiger partial charge on any atom is -0.368 e. The molecule has 2 amide bonds. The SMILES string of the molecule is CC[C@H](NC(=O)c1cncc2c1cnn2-c1ccc(F)cc1)C1CCN(S(C)(=O)=O)[C@H](C(N)=O)C1. The molecule has 12 heteroatoms. The summed E-state index contributed by atoms with van der Waals surface area (Å²) < 4.78 is 40.2. The summed E-state index contributed by atoms with van der Waals surface area (Å²) in [6.07, 6.45) is 6.95. The number of hydrogen-bond donors (Lipinski definition) is 2. The molecule has 35 heavy (non-hydrogen) atoms. The third-order valence-electron chi connectivity index (χ3n) is 6.49. The molecule has 0 radical (unpaired) electrons. The number of nitrogens with one attached hydrogen (secondary N) is 1. The molecule has 0 aliphatic carbocycles. The van der Waals surface area contributed by atoms with Crippen LogP contribution in [0.5, 0.6) is 0 Å². The third-order valence-corrected chi connectivity index (χ3v) is 7.78. The maximum Gasteiger partial charge on any atom is 0.253 e. The Hall–Kier alpha value is -3.38. The molecule has 0 spiro atoms. The van der Waals surface area contributed by atoms with Gasteiger partial charge in [-0.25, -0.2) is 17.5 Å². The Bertz CT molecular complexity index is 1360. The van der Waals surface area contributed by atoms with Crippen molar-refractivity contribution in [1.82, 2.24) is 24.4 Å². The molecule has 1 unspecified atom stereocenters. The van der Waals surface area contributed by atoms with Gasteiger partial charge in [0, 0.05) is 24.2 Å². The standard InChI is InChI=1S/C23H27FN6O4S/c1-3-19(14-8-9-29(35(2,33)34)20(10-14)22(25)31)28-23(32)18-11-26-13-21-17(18)12-27-30(21)16-6-4-15(24)5-7-16/h4-7,11-14,19-20H,3,8-10H2,1-2H3,(H2,25,31)(H,28,32)/t14?,19-,20-/m0/s1. The molecule has 4 rings (SSSR count). The summed E-state index contributed by atoms with van der Waals surface area (Å²) in [5.41, 5.74) is 7.05. The lowest BCUT2D eigenvalue weighted by molar-refractivity contribution is -0.123. The van der Waals surface area contributed by atoms with Crippen LogP contribution >= 0.6 is 0 Å². The first kappa shape index (κ1) is 24.7. The second-order valence-corrected chi connectivity index (χ2v) is 10.7. The van der Waals surface area contributed by atoms with E-state index in [9.17, 15) is 22.4 Å². The lowest BCUT2D eigenvalue weighted by atomic mass is 9.84. The smallest absolute Gasteiger partial charge is 0.253 e. The van der Waals surface area contributed by atoms with E-state index in [2.05, 4.69) is 15.4 Å². The largest absolute Gasteiger partial charge is 0.368 e. The van der Waals surface area contributed by atoms with Crippen LogP contribution in [-0.4, -0.2) is 64.2 Å². The van der Waals surface area contributed by atoms with Crippen molar-refractivity contribution in [2.24, 2.45) is 11.7 Å². The van der Waals surface area contributed by atoms with Crippen LogP contribution in [0.15, 0.2) is 42.9 Å². The minimum atomic E-state index is -3.58. The van der Waals surface area contributed by atoms with Gasteiger partial charge in [-0.15, -0.1) is 0 Å². The van der Waals surface area contributed by atoms with E-state index in [1.807, 2.05) is 6.92 Å². The van der Waals surface area contributed by atoms with E-state index >= 15 is 0 Å². The van der Waals surface area contributed by atoms with Crippen LogP contribution in [0.3, 0.4) is 0 Å². The zero-order valence-electron chi connectivity index (χ0n) is 19.4. The predicted molar refractivity (Wildman–Crippen MR) is 128 cm³/mol. The summed E-state index contributed by atoms with van der Waals surface area (Å²) in [6, 6.07) is 4.57. The number of rotatable bonds is 7. The van der Waals surface area contributed by atoms with Gasteiger partial charge in [0.2, 0.25) is 15.9 Å². The molecular formula is C23H27FN6O4S. The number of sulfonamides is 1. The number of nitrogens with zero attached hydrogens (tertiary/aromatic N) is 4. The molecule has 3 atom stereocenters. The molecule has 10 nitrogen and oxygen atoms in total. The molecule has 1 aromatic carbocycles. The molecule has 1 saturated heterocycles. The Morgan fingerprint density at radius 3 is 2.57 bits per heavy atom. The fraction of sp³-hybridized carbons (Fsp3) is 0.391. The summed E-state index contributed by atoms with van der Waals surface area (Å²) >= 11 is 0. The summed E-state index contributed by atoms with van der Waals surface area (Å²) in [4.78, 5) is 29.4. The van der Waals surface area contributed by atoms with Crippen LogP contribution in [0.1, 0.15) is 36.5 Å². The number of halogens is 1. The van der Waals surface area contributed by atoms with Crippen molar-refractivity contribution in [2.45, 2.75) is 38.3 Å². The van der Waals surface area contributed by atoms with E-state index in [0.717, 1.165) is 10.6 Å².